The van der Waals surface area contributed by atoms with Crippen LogP contribution in [0.15, 0.2) is 0 Å². The summed E-state index contributed by atoms with van der Waals surface area (Å²) in [7, 11) is 0. The van der Waals surface area contributed by atoms with Gasteiger partial charge in [-0.3, -0.25) is 9.80 Å². The quantitative estimate of drug-likeness (QED) is 0.697. The lowest BCUT2D eigenvalue weighted by atomic mass is 10.0. The normalized spacial score (nSPS) is 45.0. The van der Waals surface area contributed by atoms with Crippen molar-refractivity contribution in [1.29, 1.82) is 0 Å². The summed E-state index contributed by atoms with van der Waals surface area (Å²) in [5.41, 5.74) is 0. The molecule has 0 saturated carbocycles. The third-order valence-corrected chi connectivity index (χ3v) is 5.09. The Bertz CT molecular complexity index is 256. The van der Waals surface area contributed by atoms with Gasteiger partial charge in [0.15, 0.2) is 0 Å². The average molecular weight is 282 g/mol. The topological polar surface area (TPSA) is 30.5 Å². The number of fused-ring (bicyclic) bond motifs is 3. The molecule has 0 radical (unpaired) electrons. The fourth-order valence-electron chi connectivity index (χ4n) is 3.76. The molecule has 4 nitrogen and oxygen atoms in total. The van der Waals surface area contributed by atoms with Crippen LogP contribution < -0.4 is 10.6 Å². The van der Waals surface area contributed by atoms with Crippen LogP contribution in [0.5, 0.6) is 0 Å². The summed E-state index contributed by atoms with van der Waals surface area (Å²) < 4.78 is 0. The molecule has 118 valence electrons. The van der Waals surface area contributed by atoms with Crippen molar-refractivity contribution in [3.8, 4) is 0 Å². The van der Waals surface area contributed by atoms with Gasteiger partial charge in [-0.2, -0.15) is 0 Å². The van der Waals surface area contributed by atoms with Crippen LogP contribution >= 0.6 is 0 Å². The van der Waals surface area contributed by atoms with E-state index in [4.69, 9.17) is 0 Å². The lowest BCUT2D eigenvalue weighted by Gasteiger charge is -2.39. The van der Waals surface area contributed by atoms with Crippen molar-refractivity contribution in [3.63, 3.8) is 0 Å². The van der Waals surface area contributed by atoms with E-state index in [0.717, 1.165) is 13.1 Å². The molecule has 2 rings (SSSR count). The van der Waals surface area contributed by atoms with Gasteiger partial charge in [-0.05, 0) is 40.5 Å². The van der Waals surface area contributed by atoms with Gasteiger partial charge in [-0.1, -0.05) is 0 Å². The second kappa shape index (κ2) is 7.74. The molecule has 2 bridgehead atoms. The van der Waals surface area contributed by atoms with Crippen molar-refractivity contribution in [2.75, 3.05) is 39.3 Å². The van der Waals surface area contributed by atoms with Gasteiger partial charge in [0.05, 0.1) is 0 Å². The molecular formula is C16H34N4. The zero-order valence-corrected chi connectivity index (χ0v) is 13.9. The molecule has 2 heterocycles. The Morgan fingerprint density at radius 2 is 1.05 bits per heavy atom. The Balaban J connectivity index is 2.09. The van der Waals surface area contributed by atoms with Gasteiger partial charge in [-0.25, -0.2) is 0 Å². The number of rotatable bonds is 0. The molecule has 2 fully saturated rings. The first kappa shape index (κ1) is 16.2. The van der Waals surface area contributed by atoms with Crippen LogP contribution in [0.25, 0.3) is 0 Å². The van der Waals surface area contributed by atoms with Crippen molar-refractivity contribution in [2.45, 2.75) is 64.7 Å². The number of nitrogens with zero attached hydrogens (tertiary/aromatic N) is 2. The number of nitrogens with one attached hydrogen (secondary N) is 2. The van der Waals surface area contributed by atoms with E-state index in [9.17, 15) is 0 Å². The summed E-state index contributed by atoms with van der Waals surface area (Å²) >= 11 is 0. The molecule has 6 unspecified atom stereocenters. The lowest BCUT2D eigenvalue weighted by molar-refractivity contribution is 0.109. The molecule has 0 aromatic carbocycles. The fraction of sp³-hybridized carbons (Fsp3) is 1.00. The van der Waals surface area contributed by atoms with Gasteiger partial charge in [0.25, 0.3) is 0 Å². The molecule has 0 aliphatic carbocycles. The molecule has 0 aromatic rings. The van der Waals surface area contributed by atoms with Gasteiger partial charge in [0.2, 0.25) is 0 Å². The van der Waals surface area contributed by atoms with E-state index in [1.807, 2.05) is 0 Å². The number of hydrogen-bond donors (Lipinski definition) is 2. The van der Waals surface area contributed by atoms with Crippen LogP contribution in [0.4, 0.5) is 0 Å². The van der Waals surface area contributed by atoms with Crippen LogP contribution in [-0.2, 0) is 0 Å². The molecule has 4 heteroatoms. The van der Waals surface area contributed by atoms with Crippen molar-refractivity contribution < 1.29 is 0 Å². The van der Waals surface area contributed by atoms with Gasteiger partial charge >= 0.3 is 0 Å². The maximum atomic E-state index is 3.70. The van der Waals surface area contributed by atoms with Crippen LogP contribution in [-0.4, -0.2) is 73.2 Å². The highest BCUT2D eigenvalue weighted by atomic mass is 15.2. The first-order valence-electron chi connectivity index (χ1n) is 8.51. The van der Waals surface area contributed by atoms with E-state index in [-0.39, 0.29) is 0 Å². The minimum atomic E-state index is 0.623. The summed E-state index contributed by atoms with van der Waals surface area (Å²) in [4.78, 5) is 5.35. The summed E-state index contributed by atoms with van der Waals surface area (Å²) in [6.45, 7) is 16.5. The Kier molecular flexibility index (Phi) is 6.27. The molecule has 0 amide bonds. The van der Waals surface area contributed by atoms with Crippen molar-refractivity contribution in [1.82, 2.24) is 20.4 Å². The van der Waals surface area contributed by atoms with E-state index in [2.05, 4.69) is 48.1 Å². The monoisotopic (exact) mass is 282 g/mol. The van der Waals surface area contributed by atoms with Crippen molar-refractivity contribution in [2.24, 2.45) is 0 Å². The Hall–Kier alpha value is -0.160. The van der Waals surface area contributed by atoms with Gasteiger partial charge in [-0.15, -0.1) is 0 Å². The molecule has 6 atom stereocenters. The molecule has 2 N–H and O–H groups in total. The van der Waals surface area contributed by atoms with Crippen molar-refractivity contribution in [3.05, 3.63) is 0 Å². The molecule has 0 spiro atoms. The highest BCUT2D eigenvalue weighted by Gasteiger charge is 2.23. The van der Waals surface area contributed by atoms with Gasteiger partial charge in [0, 0.05) is 63.4 Å². The zero-order chi connectivity index (χ0) is 14.5. The van der Waals surface area contributed by atoms with E-state index in [0.29, 0.717) is 24.2 Å². The van der Waals surface area contributed by atoms with Crippen LogP contribution in [0.2, 0.25) is 0 Å². The van der Waals surface area contributed by atoms with E-state index in [1.54, 1.807) is 0 Å². The Labute approximate surface area is 125 Å². The molecule has 2 saturated heterocycles. The molecule has 2 aliphatic rings. The van der Waals surface area contributed by atoms with Gasteiger partial charge in [0.1, 0.15) is 0 Å². The minimum Gasteiger partial charge on any atom is -0.313 e. The third kappa shape index (κ3) is 4.69. The fourth-order valence-corrected chi connectivity index (χ4v) is 3.76. The first-order chi connectivity index (χ1) is 9.56. The smallest absolute Gasteiger partial charge is 0.0113 e. The Morgan fingerprint density at radius 1 is 0.650 bits per heavy atom. The highest BCUT2D eigenvalue weighted by molar-refractivity contribution is 4.82. The van der Waals surface area contributed by atoms with E-state index in [1.165, 1.54) is 39.0 Å². The minimum absolute atomic E-state index is 0.623. The average Bonchev–Trinajstić information content (AvgIpc) is 2.38. The predicted octanol–water partition coefficient (Wildman–Crippen LogP) is 1.13. The van der Waals surface area contributed by atoms with Crippen LogP contribution in [0.3, 0.4) is 0 Å². The summed E-state index contributed by atoms with van der Waals surface area (Å²) in [5, 5.41) is 7.40. The summed E-state index contributed by atoms with van der Waals surface area (Å²) in [6.07, 6.45) is 2.51. The SMILES string of the molecule is CC1CC(C)N2CCNC(C)CC(C)N(CCN1)CC2. The lowest BCUT2D eigenvalue weighted by Crippen LogP contribution is -2.52. The van der Waals surface area contributed by atoms with Crippen LogP contribution in [0.1, 0.15) is 40.5 Å². The van der Waals surface area contributed by atoms with Gasteiger partial charge < -0.3 is 10.6 Å². The summed E-state index contributed by atoms with van der Waals surface area (Å²) in [5.74, 6) is 0. The highest BCUT2D eigenvalue weighted by Crippen LogP contribution is 2.13. The third-order valence-electron chi connectivity index (χ3n) is 5.09. The Morgan fingerprint density at radius 3 is 1.45 bits per heavy atom. The predicted molar refractivity (Wildman–Crippen MR) is 86.2 cm³/mol. The molecule has 20 heavy (non-hydrogen) atoms. The standard InChI is InChI=1S/C16H34N4/c1-13-11-15(3)19-8-6-18-14(2)12-16(4)20(10-9-19)7-5-17-13/h13-18H,5-12H2,1-4H3. The van der Waals surface area contributed by atoms with Crippen molar-refractivity contribution >= 4 is 0 Å². The van der Waals surface area contributed by atoms with E-state index < -0.39 is 0 Å². The maximum Gasteiger partial charge on any atom is 0.0113 e. The van der Waals surface area contributed by atoms with Crippen LogP contribution in [0, 0.1) is 0 Å². The second-order valence-corrected chi connectivity index (χ2v) is 6.95. The molecular weight excluding hydrogens is 248 g/mol. The first-order valence-corrected chi connectivity index (χ1v) is 8.51. The maximum absolute atomic E-state index is 3.70. The van der Waals surface area contributed by atoms with E-state index >= 15 is 0 Å². The number of hydrogen-bond acceptors (Lipinski definition) is 4. The second-order valence-electron chi connectivity index (χ2n) is 6.95. The largest absolute Gasteiger partial charge is 0.313 e. The molecule has 0 aromatic heterocycles. The summed E-state index contributed by atoms with van der Waals surface area (Å²) in [6, 6.07) is 2.59. The molecule has 2 aliphatic heterocycles. The zero-order valence-electron chi connectivity index (χ0n) is 13.9.